The van der Waals surface area contributed by atoms with Gasteiger partial charge in [0.1, 0.15) is 0 Å². The molecule has 0 spiro atoms. The largest absolute Gasteiger partial charge is 0.396 e. The van der Waals surface area contributed by atoms with Crippen molar-refractivity contribution in [2.75, 3.05) is 19.7 Å². The molecule has 0 saturated carbocycles. The Morgan fingerprint density at radius 1 is 1.13 bits per heavy atom. The molecule has 0 atom stereocenters. The summed E-state index contributed by atoms with van der Waals surface area (Å²) in [6.45, 7) is 2.53. The maximum Gasteiger partial charge on any atom is 0.0431 e. The highest BCUT2D eigenvalue weighted by molar-refractivity contribution is 7.09. The van der Waals surface area contributed by atoms with Crippen molar-refractivity contribution in [1.82, 2.24) is 5.32 Å². The molecule has 3 heteroatoms. The zero-order valence-electron chi connectivity index (χ0n) is 9.24. The Balaban J connectivity index is 1.81. The summed E-state index contributed by atoms with van der Waals surface area (Å²) in [5, 5.41) is 14.2. The van der Waals surface area contributed by atoms with E-state index >= 15 is 0 Å². The first-order valence-electron chi connectivity index (χ1n) is 5.77. The van der Waals surface area contributed by atoms with E-state index < -0.39 is 0 Å². The first kappa shape index (κ1) is 12.7. The zero-order valence-corrected chi connectivity index (χ0v) is 10.1. The van der Waals surface area contributed by atoms with Crippen LogP contribution in [0.25, 0.3) is 0 Å². The van der Waals surface area contributed by atoms with Crippen LogP contribution in [0.4, 0.5) is 0 Å². The van der Waals surface area contributed by atoms with Crippen molar-refractivity contribution >= 4 is 11.3 Å². The smallest absolute Gasteiger partial charge is 0.0431 e. The average molecular weight is 227 g/mol. The second-order valence-corrected chi connectivity index (χ2v) is 4.75. The first-order chi connectivity index (χ1) is 7.43. The summed E-state index contributed by atoms with van der Waals surface area (Å²) in [6.07, 6.45) is 5.71. The summed E-state index contributed by atoms with van der Waals surface area (Å²) in [7, 11) is 0. The fourth-order valence-electron chi connectivity index (χ4n) is 1.51. The number of thiophene rings is 1. The summed E-state index contributed by atoms with van der Waals surface area (Å²) in [4.78, 5) is 1.46. The molecule has 0 radical (unpaired) electrons. The summed E-state index contributed by atoms with van der Waals surface area (Å²) in [6, 6.07) is 4.29. The second-order valence-electron chi connectivity index (χ2n) is 3.72. The summed E-state index contributed by atoms with van der Waals surface area (Å²) in [5.41, 5.74) is 0. The van der Waals surface area contributed by atoms with Gasteiger partial charge in [0.2, 0.25) is 0 Å². The molecule has 0 saturated heterocycles. The van der Waals surface area contributed by atoms with E-state index in [2.05, 4.69) is 22.8 Å². The lowest BCUT2D eigenvalue weighted by atomic mass is 10.2. The number of aliphatic hydroxyl groups excluding tert-OH is 1. The van der Waals surface area contributed by atoms with Gasteiger partial charge in [-0.25, -0.2) is 0 Å². The standard InChI is InChI=1S/C12H21NOS/c14-10-4-2-1-3-8-13-9-7-12-6-5-11-15-12/h5-6,11,13-14H,1-4,7-10H2. The second kappa shape index (κ2) is 8.89. The van der Waals surface area contributed by atoms with E-state index in [0.29, 0.717) is 6.61 Å². The van der Waals surface area contributed by atoms with Crippen molar-refractivity contribution in [2.45, 2.75) is 32.1 Å². The normalized spacial score (nSPS) is 10.7. The molecule has 86 valence electrons. The lowest BCUT2D eigenvalue weighted by Gasteiger charge is -2.03. The molecule has 2 N–H and O–H groups in total. The Labute approximate surface area is 96.3 Å². The molecule has 0 aliphatic heterocycles. The van der Waals surface area contributed by atoms with Crippen molar-refractivity contribution in [3.63, 3.8) is 0 Å². The van der Waals surface area contributed by atoms with Crippen LogP contribution in [0.1, 0.15) is 30.6 Å². The Morgan fingerprint density at radius 2 is 2.00 bits per heavy atom. The fraction of sp³-hybridized carbons (Fsp3) is 0.667. The van der Waals surface area contributed by atoms with Crippen LogP contribution in [0.2, 0.25) is 0 Å². The van der Waals surface area contributed by atoms with E-state index in [-0.39, 0.29) is 0 Å². The summed E-state index contributed by atoms with van der Waals surface area (Å²) < 4.78 is 0. The number of hydrogen-bond donors (Lipinski definition) is 2. The predicted molar refractivity (Wildman–Crippen MR) is 66.4 cm³/mol. The molecule has 1 aromatic rings. The first-order valence-corrected chi connectivity index (χ1v) is 6.65. The van der Waals surface area contributed by atoms with Gasteiger partial charge >= 0.3 is 0 Å². The van der Waals surface area contributed by atoms with Crippen LogP contribution in [-0.2, 0) is 6.42 Å². The molecule has 15 heavy (non-hydrogen) atoms. The van der Waals surface area contributed by atoms with Gasteiger partial charge in [-0.15, -0.1) is 11.3 Å². The minimum Gasteiger partial charge on any atom is -0.396 e. The topological polar surface area (TPSA) is 32.3 Å². The van der Waals surface area contributed by atoms with Crippen molar-refractivity contribution in [3.05, 3.63) is 22.4 Å². The Kier molecular flexibility index (Phi) is 7.52. The van der Waals surface area contributed by atoms with E-state index in [4.69, 9.17) is 5.11 Å². The number of hydrogen-bond acceptors (Lipinski definition) is 3. The Bertz CT molecular complexity index is 224. The quantitative estimate of drug-likeness (QED) is 0.635. The molecule has 0 aliphatic rings. The van der Waals surface area contributed by atoms with Crippen LogP contribution in [0, 0.1) is 0 Å². The van der Waals surface area contributed by atoms with Crippen LogP contribution in [0.15, 0.2) is 17.5 Å². The van der Waals surface area contributed by atoms with Gasteiger partial charge in [-0.1, -0.05) is 18.9 Å². The van der Waals surface area contributed by atoms with Crippen molar-refractivity contribution in [1.29, 1.82) is 0 Å². The third-order valence-electron chi connectivity index (χ3n) is 2.39. The summed E-state index contributed by atoms with van der Waals surface area (Å²) in [5.74, 6) is 0. The number of unbranched alkanes of at least 4 members (excludes halogenated alkanes) is 3. The van der Waals surface area contributed by atoms with Gasteiger partial charge in [-0.3, -0.25) is 0 Å². The highest BCUT2D eigenvalue weighted by Gasteiger charge is 1.93. The molecule has 0 unspecified atom stereocenters. The van der Waals surface area contributed by atoms with Gasteiger partial charge < -0.3 is 10.4 Å². The van der Waals surface area contributed by atoms with Crippen molar-refractivity contribution < 1.29 is 5.11 Å². The van der Waals surface area contributed by atoms with Crippen LogP contribution < -0.4 is 5.32 Å². The van der Waals surface area contributed by atoms with E-state index in [9.17, 15) is 0 Å². The van der Waals surface area contributed by atoms with Gasteiger partial charge in [-0.05, 0) is 43.8 Å². The van der Waals surface area contributed by atoms with Crippen LogP contribution >= 0.6 is 11.3 Å². The van der Waals surface area contributed by atoms with E-state index in [1.165, 1.54) is 17.7 Å². The van der Waals surface area contributed by atoms with Gasteiger partial charge in [0.15, 0.2) is 0 Å². The highest BCUT2D eigenvalue weighted by atomic mass is 32.1. The van der Waals surface area contributed by atoms with Gasteiger partial charge in [0, 0.05) is 11.5 Å². The maximum absolute atomic E-state index is 8.60. The van der Waals surface area contributed by atoms with E-state index in [1.807, 2.05) is 11.3 Å². The van der Waals surface area contributed by atoms with Gasteiger partial charge in [0.25, 0.3) is 0 Å². The third-order valence-corrected chi connectivity index (χ3v) is 3.33. The van der Waals surface area contributed by atoms with Crippen LogP contribution in [0.3, 0.4) is 0 Å². The average Bonchev–Trinajstić information content (AvgIpc) is 2.75. The minimum absolute atomic E-state index is 0.339. The highest BCUT2D eigenvalue weighted by Crippen LogP contribution is 2.08. The van der Waals surface area contributed by atoms with Gasteiger partial charge in [-0.2, -0.15) is 0 Å². The monoisotopic (exact) mass is 227 g/mol. The fourth-order valence-corrected chi connectivity index (χ4v) is 2.22. The minimum atomic E-state index is 0.339. The maximum atomic E-state index is 8.60. The van der Waals surface area contributed by atoms with Crippen molar-refractivity contribution in [3.8, 4) is 0 Å². The number of nitrogens with one attached hydrogen (secondary N) is 1. The summed E-state index contributed by atoms with van der Waals surface area (Å²) >= 11 is 1.83. The number of rotatable bonds is 9. The molecule has 0 fully saturated rings. The van der Waals surface area contributed by atoms with Crippen molar-refractivity contribution in [2.24, 2.45) is 0 Å². The zero-order chi connectivity index (χ0) is 10.8. The lowest BCUT2D eigenvalue weighted by molar-refractivity contribution is 0.282. The lowest BCUT2D eigenvalue weighted by Crippen LogP contribution is -2.18. The molecule has 0 amide bonds. The molecule has 1 aromatic heterocycles. The van der Waals surface area contributed by atoms with E-state index in [1.54, 1.807) is 0 Å². The van der Waals surface area contributed by atoms with Crippen LogP contribution in [0.5, 0.6) is 0 Å². The molecule has 0 aromatic carbocycles. The Morgan fingerprint density at radius 3 is 2.73 bits per heavy atom. The number of aliphatic hydroxyl groups is 1. The van der Waals surface area contributed by atoms with Crippen LogP contribution in [-0.4, -0.2) is 24.8 Å². The molecular weight excluding hydrogens is 206 g/mol. The molecule has 2 nitrogen and oxygen atoms in total. The Hall–Kier alpha value is -0.380. The van der Waals surface area contributed by atoms with E-state index in [0.717, 1.165) is 32.4 Å². The molecule has 1 rings (SSSR count). The molecule has 0 bridgehead atoms. The molecule has 0 aliphatic carbocycles. The SMILES string of the molecule is OCCCCCCNCCc1cccs1. The molecular formula is C12H21NOS. The third kappa shape index (κ3) is 6.66. The predicted octanol–water partition coefficient (Wildman–Crippen LogP) is 2.43. The molecule has 1 heterocycles. The van der Waals surface area contributed by atoms with Gasteiger partial charge in [0.05, 0.1) is 0 Å².